The average Bonchev–Trinajstić information content (AvgIpc) is 2.61. The molecule has 0 N–H and O–H groups in total. The molecule has 26 heavy (non-hydrogen) atoms. The second-order valence-corrected chi connectivity index (χ2v) is 7.36. The van der Waals surface area contributed by atoms with Crippen LogP contribution in [0, 0.1) is 11.8 Å². The summed E-state index contributed by atoms with van der Waals surface area (Å²) in [6.07, 6.45) is 1.97. The van der Waals surface area contributed by atoms with Gasteiger partial charge in [-0.2, -0.15) is 0 Å². The van der Waals surface area contributed by atoms with E-state index in [0.29, 0.717) is 25.0 Å². The Morgan fingerprint density at radius 2 is 1.58 bits per heavy atom. The zero-order chi connectivity index (χ0) is 18.9. The fourth-order valence-corrected chi connectivity index (χ4v) is 2.69. The predicted octanol–water partition coefficient (Wildman–Crippen LogP) is 6.50. The number of ether oxygens (including phenoxy) is 2. The monoisotopic (exact) mass is 355 g/mol. The van der Waals surface area contributed by atoms with Gasteiger partial charge in [0.2, 0.25) is 0 Å². The Bertz CT molecular complexity index is 765. The lowest BCUT2D eigenvalue weighted by Gasteiger charge is -2.18. The van der Waals surface area contributed by atoms with Gasteiger partial charge in [0.25, 0.3) is 0 Å². The normalized spacial score (nSPS) is 11.0. The van der Waals surface area contributed by atoms with Crippen molar-refractivity contribution in [2.75, 3.05) is 13.2 Å². The summed E-state index contributed by atoms with van der Waals surface area (Å²) in [5.41, 5.74) is 9.60. The summed E-state index contributed by atoms with van der Waals surface area (Å²) in [7, 11) is 0. The number of fused-ring (bicyclic) bond motifs is 1. The lowest BCUT2D eigenvalue weighted by atomic mass is 10.0. The van der Waals surface area contributed by atoms with E-state index in [0.717, 1.165) is 40.7 Å². The summed E-state index contributed by atoms with van der Waals surface area (Å²) in [5.74, 6) is 2.77. The SMILES string of the molecule is CC(C)CCOc1cc(CN=[N+]=[N-])c(OCCC(C)C)c2ccccc12. The van der Waals surface area contributed by atoms with E-state index < -0.39 is 0 Å². The van der Waals surface area contributed by atoms with Crippen LogP contribution < -0.4 is 9.47 Å². The van der Waals surface area contributed by atoms with Crippen molar-refractivity contribution in [3.63, 3.8) is 0 Å². The van der Waals surface area contributed by atoms with Crippen molar-refractivity contribution >= 4 is 10.8 Å². The van der Waals surface area contributed by atoms with Crippen molar-refractivity contribution in [2.24, 2.45) is 17.0 Å². The highest BCUT2D eigenvalue weighted by molar-refractivity contribution is 5.94. The van der Waals surface area contributed by atoms with E-state index in [1.165, 1.54) is 0 Å². The molecule has 140 valence electrons. The molecule has 0 saturated carbocycles. The van der Waals surface area contributed by atoms with Gasteiger partial charge in [0, 0.05) is 21.2 Å². The van der Waals surface area contributed by atoms with E-state index in [1.807, 2.05) is 30.3 Å². The molecule has 0 fully saturated rings. The molecule has 0 aliphatic carbocycles. The zero-order valence-corrected chi connectivity index (χ0v) is 16.2. The number of azide groups is 1. The maximum Gasteiger partial charge on any atom is 0.130 e. The Kier molecular flexibility index (Phi) is 7.61. The van der Waals surface area contributed by atoms with Gasteiger partial charge in [0.05, 0.1) is 19.8 Å². The first-order valence-electron chi connectivity index (χ1n) is 9.34. The van der Waals surface area contributed by atoms with Crippen molar-refractivity contribution in [1.29, 1.82) is 0 Å². The molecule has 5 heteroatoms. The molecular formula is C21H29N3O2. The Morgan fingerprint density at radius 1 is 0.962 bits per heavy atom. The maximum absolute atomic E-state index is 8.74. The Balaban J connectivity index is 2.41. The molecule has 0 heterocycles. The molecule has 0 aliphatic heterocycles. The number of rotatable bonds is 10. The first-order valence-corrected chi connectivity index (χ1v) is 9.34. The molecular weight excluding hydrogens is 326 g/mol. The zero-order valence-electron chi connectivity index (χ0n) is 16.2. The molecule has 2 rings (SSSR count). The van der Waals surface area contributed by atoms with Gasteiger partial charge in [-0.15, -0.1) is 0 Å². The molecule has 5 nitrogen and oxygen atoms in total. The van der Waals surface area contributed by atoms with Crippen LogP contribution in [0.3, 0.4) is 0 Å². The van der Waals surface area contributed by atoms with Crippen LogP contribution in [0.1, 0.15) is 46.1 Å². The van der Waals surface area contributed by atoms with Crippen LogP contribution in [-0.2, 0) is 6.54 Å². The fraction of sp³-hybridized carbons (Fsp3) is 0.524. The molecule has 0 amide bonds. The van der Waals surface area contributed by atoms with Gasteiger partial charge >= 0.3 is 0 Å². The standard InChI is InChI=1S/C21H29N3O2/c1-15(2)9-11-25-20-13-17(14-23-24-22)21(26-12-10-16(3)4)19-8-6-5-7-18(19)20/h5-8,13,15-16H,9-12,14H2,1-4H3. The minimum Gasteiger partial charge on any atom is -0.493 e. The van der Waals surface area contributed by atoms with Gasteiger partial charge < -0.3 is 9.47 Å². The van der Waals surface area contributed by atoms with Crippen LogP contribution in [0.25, 0.3) is 21.2 Å². The third-order valence-electron chi connectivity index (χ3n) is 4.23. The Morgan fingerprint density at radius 3 is 2.19 bits per heavy atom. The quantitative estimate of drug-likeness (QED) is 0.277. The number of benzene rings is 2. The summed E-state index contributed by atoms with van der Waals surface area (Å²) < 4.78 is 12.2. The van der Waals surface area contributed by atoms with E-state index >= 15 is 0 Å². The van der Waals surface area contributed by atoms with Gasteiger partial charge in [-0.3, -0.25) is 0 Å². The second-order valence-electron chi connectivity index (χ2n) is 7.36. The van der Waals surface area contributed by atoms with E-state index in [9.17, 15) is 0 Å². The Labute approximate surface area is 155 Å². The van der Waals surface area contributed by atoms with Crippen LogP contribution in [0.15, 0.2) is 35.4 Å². The summed E-state index contributed by atoms with van der Waals surface area (Å²) in [6, 6.07) is 10.0. The summed E-state index contributed by atoms with van der Waals surface area (Å²) in [5, 5.41) is 5.78. The summed E-state index contributed by atoms with van der Waals surface area (Å²) in [4.78, 5) is 2.90. The van der Waals surface area contributed by atoms with Crippen molar-refractivity contribution in [3.8, 4) is 11.5 Å². The largest absolute Gasteiger partial charge is 0.493 e. The van der Waals surface area contributed by atoms with Gasteiger partial charge in [-0.1, -0.05) is 57.1 Å². The third kappa shape index (κ3) is 5.57. The van der Waals surface area contributed by atoms with Crippen LogP contribution in [0.2, 0.25) is 0 Å². The van der Waals surface area contributed by atoms with Crippen molar-refractivity contribution in [2.45, 2.75) is 47.1 Å². The van der Waals surface area contributed by atoms with Gasteiger partial charge in [0.1, 0.15) is 11.5 Å². The number of nitrogens with zero attached hydrogens (tertiary/aromatic N) is 3. The van der Waals surface area contributed by atoms with E-state index in [-0.39, 0.29) is 6.54 Å². The van der Waals surface area contributed by atoms with Gasteiger partial charge in [0.15, 0.2) is 0 Å². The number of hydrogen-bond donors (Lipinski definition) is 0. The Hall–Kier alpha value is -2.39. The van der Waals surface area contributed by atoms with E-state index in [2.05, 4.69) is 37.7 Å². The van der Waals surface area contributed by atoms with Crippen molar-refractivity contribution < 1.29 is 9.47 Å². The van der Waals surface area contributed by atoms with Gasteiger partial charge in [-0.05, 0) is 36.3 Å². The molecule has 0 unspecified atom stereocenters. The highest BCUT2D eigenvalue weighted by Crippen LogP contribution is 2.37. The van der Waals surface area contributed by atoms with E-state index in [4.69, 9.17) is 15.0 Å². The fourth-order valence-electron chi connectivity index (χ4n) is 2.69. The van der Waals surface area contributed by atoms with Crippen LogP contribution in [-0.4, -0.2) is 13.2 Å². The third-order valence-corrected chi connectivity index (χ3v) is 4.23. The topological polar surface area (TPSA) is 67.2 Å². The minimum atomic E-state index is 0.249. The molecule has 2 aromatic carbocycles. The molecule has 0 saturated heterocycles. The van der Waals surface area contributed by atoms with Crippen LogP contribution in [0.5, 0.6) is 11.5 Å². The highest BCUT2D eigenvalue weighted by atomic mass is 16.5. The summed E-state index contributed by atoms with van der Waals surface area (Å²) >= 11 is 0. The average molecular weight is 355 g/mol. The van der Waals surface area contributed by atoms with Gasteiger partial charge in [-0.25, -0.2) is 0 Å². The molecule has 0 spiro atoms. The van der Waals surface area contributed by atoms with Crippen molar-refractivity contribution in [3.05, 3.63) is 46.3 Å². The van der Waals surface area contributed by atoms with Crippen LogP contribution >= 0.6 is 0 Å². The van der Waals surface area contributed by atoms with Crippen LogP contribution in [0.4, 0.5) is 0 Å². The van der Waals surface area contributed by atoms with Crippen molar-refractivity contribution in [1.82, 2.24) is 0 Å². The number of hydrogen-bond acceptors (Lipinski definition) is 3. The smallest absolute Gasteiger partial charge is 0.130 e. The lowest BCUT2D eigenvalue weighted by molar-refractivity contribution is 0.284. The van der Waals surface area contributed by atoms with E-state index in [1.54, 1.807) is 0 Å². The first-order chi connectivity index (χ1) is 12.5. The summed E-state index contributed by atoms with van der Waals surface area (Å²) in [6.45, 7) is 10.3. The first kappa shape index (κ1) is 19.9. The maximum atomic E-state index is 8.74. The molecule has 0 radical (unpaired) electrons. The molecule has 0 atom stereocenters. The molecule has 0 aromatic heterocycles. The molecule has 0 bridgehead atoms. The second kappa shape index (κ2) is 9.93. The minimum absolute atomic E-state index is 0.249. The molecule has 2 aromatic rings. The molecule has 0 aliphatic rings. The lowest BCUT2D eigenvalue weighted by Crippen LogP contribution is -2.06. The predicted molar refractivity (Wildman–Crippen MR) is 107 cm³/mol. The highest BCUT2D eigenvalue weighted by Gasteiger charge is 2.14.